The predicted octanol–water partition coefficient (Wildman–Crippen LogP) is 8.69. The van der Waals surface area contributed by atoms with Crippen LogP contribution in [0.4, 0.5) is 0 Å². The lowest BCUT2D eigenvalue weighted by atomic mass is 9.72. The van der Waals surface area contributed by atoms with Crippen LogP contribution in [0.2, 0.25) is 0 Å². The summed E-state index contributed by atoms with van der Waals surface area (Å²) in [7, 11) is 5.72. The number of aromatic nitrogens is 1. The molecule has 47 heavy (non-hydrogen) atoms. The molecule has 6 heteroatoms. The first-order valence-electron chi connectivity index (χ1n) is 16.1. The number of aliphatic hydroxyl groups excluding tert-OH is 1. The number of halogens is 1. The SMILES string of the molecule is COc1nc2ccc(C(O)c3cccc(Br)c3)cc2cc1C(c1ccccc1)C(O)(CCc1cccc2ccccc12)CCN(C)C. The largest absolute Gasteiger partial charge is 0.481 e. The van der Waals surface area contributed by atoms with E-state index in [1.54, 1.807) is 7.11 Å². The second-order valence-corrected chi connectivity index (χ2v) is 13.6. The molecule has 0 spiro atoms. The van der Waals surface area contributed by atoms with Gasteiger partial charge in [0.15, 0.2) is 0 Å². The molecule has 0 bridgehead atoms. The highest BCUT2D eigenvalue weighted by Crippen LogP contribution is 2.44. The van der Waals surface area contributed by atoms with Crippen molar-refractivity contribution in [3.63, 3.8) is 0 Å². The van der Waals surface area contributed by atoms with E-state index in [0.29, 0.717) is 31.7 Å². The summed E-state index contributed by atoms with van der Waals surface area (Å²) in [4.78, 5) is 7.08. The van der Waals surface area contributed by atoms with Crippen LogP contribution in [-0.4, -0.2) is 53.4 Å². The minimum Gasteiger partial charge on any atom is -0.481 e. The Labute approximate surface area is 285 Å². The van der Waals surface area contributed by atoms with E-state index in [-0.39, 0.29) is 0 Å². The van der Waals surface area contributed by atoms with Crippen LogP contribution in [0.25, 0.3) is 21.7 Å². The molecule has 1 aromatic heterocycles. The van der Waals surface area contributed by atoms with Crippen molar-refractivity contribution in [2.45, 2.75) is 36.9 Å². The van der Waals surface area contributed by atoms with Crippen LogP contribution >= 0.6 is 15.9 Å². The van der Waals surface area contributed by atoms with Gasteiger partial charge in [-0.15, -0.1) is 0 Å². The Bertz CT molecular complexity index is 1970. The zero-order chi connectivity index (χ0) is 33.0. The van der Waals surface area contributed by atoms with Crippen molar-refractivity contribution in [1.29, 1.82) is 0 Å². The Kier molecular flexibility index (Phi) is 10.0. The molecule has 0 saturated heterocycles. The maximum Gasteiger partial charge on any atom is 0.217 e. The number of hydrogen-bond donors (Lipinski definition) is 2. The monoisotopic (exact) mass is 688 g/mol. The van der Waals surface area contributed by atoms with E-state index >= 15 is 0 Å². The predicted molar refractivity (Wildman–Crippen MR) is 195 cm³/mol. The van der Waals surface area contributed by atoms with Crippen molar-refractivity contribution in [3.05, 3.63) is 154 Å². The third-order valence-electron chi connectivity index (χ3n) is 9.19. The Balaban J connectivity index is 1.47. The Hall–Kier alpha value is -4.07. The summed E-state index contributed by atoms with van der Waals surface area (Å²) in [5.74, 6) is 0.0595. The first kappa shape index (κ1) is 32.9. The lowest BCUT2D eigenvalue weighted by molar-refractivity contribution is 0.000845. The van der Waals surface area contributed by atoms with E-state index in [1.807, 2.05) is 74.8 Å². The fraction of sp³-hybridized carbons (Fsp3) is 0.244. The van der Waals surface area contributed by atoms with Crippen LogP contribution in [0.5, 0.6) is 5.88 Å². The van der Waals surface area contributed by atoms with Gasteiger partial charge in [-0.05, 0) is 96.7 Å². The van der Waals surface area contributed by atoms with Gasteiger partial charge in [0.25, 0.3) is 0 Å². The van der Waals surface area contributed by atoms with Crippen LogP contribution < -0.4 is 4.74 Å². The zero-order valence-corrected chi connectivity index (χ0v) is 28.7. The average molecular weight is 690 g/mol. The van der Waals surface area contributed by atoms with Crippen LogP contribution in [0.1, 0.15) is 52.7 Å². The number of aliphatic hydroxyl groups is 2. The standard InChI is InChI=1S/C41H41BrN2O3/c1-44(2)24-23-41(46,22-21-29-15-9-14-28-11-7-8-18-35(28)29)38(30-12-5-4-6-13-30)36-27-33-25-32(19-20-37(33)43-40(36)47-3)39(45)31-16-10-17-34(42)26-31/h4-20,25-27,38-39,45-46H,21-24H2,1-3H3. The van der Waals surface area contributed by atoms with Crippen LogP contribution in [0.3, 0.4) is 0 Å². The highest BCUT2D eigenvalue weighted by molar-refractivity contribution is 9.10. The number of pyridine rings is 1. The van der Waals surface area contributed by atoms with E-state index in [0.717, 1.165) is 37.6 Å². The van der Waals surface area contributed by atoms with Gasteiger partial charge in [0.1, 0.15) is 6.10 Å². The van der Waals surface area contributed by atoms with Crippen molar-refractivity contribution in [2.24, 2.45) is 0 Å². The van der Waals surface area contributed by atoms with Crippen molar-refractivity contribution < 1.29 is 14.9 Å². The molecule has 6 rings (SSSR count). The molecule has 0 aliphatic carbocycles. The van der Waals surface area contributed by atoms with Gasteiger partial charge in [0, 0.05) is 27.9 Å². The van der Waals surface area contributed by atoms with Crippen LogP contribution in [0, 0.1) is 0 Å². The maximum absolute atomic E-state index is 13.0. The third-order valence-corrected chi connectivity index (χ3v) is 9.68. The van der Waals surface area contributed by atoms with Gasteiger partial charge in [0.05, 0.1) is 18.2 Å². The molecule has 0 radical (unpaired) electrons. The van der Waals surface area contributed by atoms with Crippen LogP contribution in [0.15, 0.2) is 126 Å². The molecular formula is C41H41BrN2O3. The Morgan fingerprint density at radius 3 is 2.23 bits per heavy atom. The number of benzene rings is 5. The van der Waals surface area contributed by atoms with Gasteiger partial charge >= 0.3 is 0 Å². The first-order chi connectivity index (χ1) is 22.8. The minimum absolute atomic E-state index is 0.427. The molecule has 0 aliphatic heterocycles. The molecule has 240 valence electrons. The summed E-state index contributed by atoms with van der Waals surface area (Å²) in [6.45, 7) is 0.710. The smallest absolute Gasteiger partial charge is 0.217 e. The molecule has 0 amide bonds. The summed E-state index contributed by atoms with van der Waals surface area (Å²) in [5.41, 5.74) is 4.22. The number of fused-ring (bicyclic) bond motifs is 2. The number of aryl methyl sites for hydroxylation is 1. The first-order valence-corrected chi connectivity index (χ1v) is 16.9. The average Bonchev–Trinajstić information content (AvgIpc) is 3.09. The topological polar surface area (TPSA) is 65.8 Å². The number of rotatable bonds is 12. The molecule has 5 nitrogen and oxygen atoms in total. The summed E-state index contributed by atoms with van der Waals surface area (Å²) in [5, 5.41) is 27.6. The normalized spacial score (nSPS) is 14.3. The number of nitrogens with zero attached hydrogens (tertiary/aromatic N) is 2. The van der Waals surface area contributed by atoms with E-state index < -0.39 is 17.6 Å². The molecular weight excluding hydrogens is 648 g/mol. The molecule has 1 heterocycles. The maximum atomic E-state index is 13.0. The summed E-state index contributed by atoms with van der Waals surface area (Å²) in [6.07, 6.45) is 0.996. The second kappa shape index (κ2) is 14.4. The van der Waals surface area contributed by atoms with Gasteiger partial charge in [0.2, 0.25) is 5.88 Å². The number of methoxy groups -OCH3 is 1. The van der Waals surface area contributed by atoms with Gasteiger partial charge < -0.3 is 19.8 Å². The Morgan fingerprint density at radius 1 is 0.766 bits per heavy atom. The molecule has 2 N–H and O–H groups in total. The summed E-state index contributed by atoms with van der Waals surface area (Å²) < 4.78 is 6.88. The quantitative estimate of drug-likeness (QED) is 0.135. The molecule has 3 unspecified atom stereocenters. The minimum atomic E-state index is -1.14. The zero-order valence-electron chi connectivity index (χ0n) is 27.1. The number of ether oxygens (including phenoxy) is 1. The third kappa shape index (κ3) is 7.26. The Morgan fingerprint density at radius 2 is 1.47 bits per heavy atom. The second-order valence-electron chi connectivity index (χ2n) is 12.6. The van der Waals surface area contributed by atoms with Crippen LogP contribution in [-0.2, 0) is 6.42 Å². The van der Waals surface area contributed by atoms with Gasteiger partial charge in [-0.25, -0.2) is 4.98 Å². The van der Waals surface area contributed by atoms with Gasteiger partial charge in [-0.2, -0.15) is 0 Å². The summed E-state index contributed by atoms with van der Waals surface area (Å²) >= 11 is 3.52. The van der Waals surface area contributed by atoms with E-state index in [9.17, 15) is 10.2 Å². The van der Waals surface area contributed by atoms with Crippen molar-refractivity contribution in [1.82, 2.24) is 9.88 Å². The van der Waals surface area contributed by atoms with E-state index in [4.69, 9.17) is 9.72 Å². The van der Waals surface area contributed by atoms with Crippen molar-refractivity contribution in [3.8, 4) is 5.88 Å². The molecule has 0 saturated carbocycles. The van der Waals surface area contributed by atoms with Gasteiger partial charge in [-0.3, -0.25) is 0 Å². The molecule has 0 fully saturated rings. The fourth-order valence-corrected chi connectivity index (χ4v) is 7.14. The lowest BCUT2D eigenvalue weighted by Gasteiger charge is -2.38. The fourth-order valence-electron chi connectivity index (χ4n) is 6.72. The van der Waals surface area contributed by atoms with E-state index in [1.165, 1.54) is 16.3 Å². The molecule has 0 aliphatic rings. The molecule has 3 atom stereocenters. The van der Waals surface area contributed by atoms with Crippen molar-refractivity contribution in [2.75, 3.05) is 27.7 Å². The van der Waals surface area contributed by atoms with Gasteiger partial charge in [-0.1, -0.05) is 107 Å². The molecule has 6 aromatic rings. The van der Waals surface area contributed by atoms with E-state index in [2.05, 4.69) is 81.5 Å². The lowest BCUT2D eigenvalue weighted by Crippen LogP contribution is -2.40. The number of hydrogen-bond acceptors (Lipinski definition) is 5. The summed E-state index contributed by atoms with van der Waals surface area (Å²) in [6, 6.07) is 40.7. The molecule has 5 aromatic carbocycles. The highest BCUT2D eigenvalue weighted by Gasteiger charge is 2.40. The highest BCUT2D eigenvalue weighted by atomic mass is 79.9. The van der Waals surface area contributed by atoms with Crippen molar-refractivity contribution >= 4 is 37.6 Å².